The monoisotopic (exact) mass is 391 g/mol. The predicted octanol–water partition coefficient (Wildman–Crippen LogP) is 3.21. The average molecular weight is 392 g/mol. The number of morpholine rings is 1. The lowest BCUT2D eigenvalue weighted by Gasteiger charge is -2.26. The van der Waals surface area contributed by atoms with Gasteiger partial charge >= 0.3 is 0 Å². The fourth-order valence-corrected chi connectivity index (χ4v) is 4.89. The standard InChI is InChI=1S/C18H18ClN3O3S/c1-12-8-15(26(23,24)22-4-6-25-7-5-22)2-3-16(12)14-9-13-10-17(19)21-18(13)20-11-14/h2-3,8-11H,4-7H2,1H3,(H,20,21). The van der Waals surface area contributed by atoms with Crippen LogP contribution >= 0.6 is 11.6 Å². The molecule has 3 aromatic rings. The molecule has 2 aromatic heterocycles. The molecular formula is C18H18ClN3O3S. The van der Waals surface area contributed by atoms with Gasteiger partial charge in [0.05, 0.1) is 18.1 Å². The van der Waals surface area contributed by atoms with E-state index in [4.69, 9.17) is 16.3 Å². The number of sulfonamides is 1. The highest BCUT2D eigenvalue weighted by Crippen LogP contribution is 2.29. The minimum absolute atomic E-state index is 0.305. The molecular weight excluding hydrogens is 374 g/mol. The highest BCUT2D eigenvalue weighted by atomic mass is 35.5. The molecule has 0 radical (unpaired) electrons. The molecule has 1 aliphatic heterocycles. The average Bonchev–Trinajstić information content (AvgIpc) is 3.01. The Balaban J connectivity index is 1.70. The van der Waals surface area contributed by atoms with Crippen LogP contribution in [0.5, 0.6) is 0 Å². The van der Waals surface area contributed by atoms with Crippen molar-refractivity contribution < 1.29 is 13.2 Å². The molecule has 0 unspecified atom stereocenters. The predicted molar refractivity (Wildman–Crippen MR) is 101 cm³/mol. The molecule has 1 aromatic carbocycles. The summed E-state index contributed by atoms with van der Waals surface area (Å²) in [4.78, 5) is 7.67. The SMILES string of the molecule is Cc1cc(S(=O)(=O)N2CCOCC2)ccc1-c1cnc2[nH]c(Cl)cc2c1. The molecule has 1 fully saturated rings. The topological polar surface area (TPSA) is 75.3 Å². The largest absolute Gasteiger partial charge is 0.379 e. The molecule has 0 atom stereocenters. The molecule has 0 bridgehead atoms. The fourth-order valence-electron chi connectivity index (χ4n) is 3.19. The first-order chi connectivity index (χ1) is 12.4. The summed E-state index contributed by atoms with van der Waals surface area (Å²) < 4.78 is 32.3. The molecule has 0 saturated carbocycles. The van der Waals surface area contributed by atoms with E-state index in [-0.39, 0.29) is 0 Å². The number of ether oxygens (including phenoxy) is 1. The Hall–Kier alpha value is -1.93. The third-order valence-electron chi connectivity index (χ3n) is 4.55. The van der Waals surface area contributed by atoms with Crippen LogP contribution < -0.4 is 0 Å². The summed E-state index contributed by atoms with van der Waals surface area (Å²) in [6.45, 7) is 3.54. The van der Waals surface area contributed by atoms with E-state index >= 15 is 0 Å². The van der Waals surface area contributed by atoms with Crippen LogP contribution in [-0.2, 0) is 14.8 Å². The first-order valence-electron chi connectivity index (χ1n) is 8.28. The van der Waals surface area contributed by atoms with Crippen LogP contribution in [-0.4, -0.2) is 49.0 Å². The molecule has 26 heavy (non-hydrogen) atoms. The lowest BCUT2D eigenvalue weighted by atomic mass is 10.0. The van der Waals surface area contributed by atoms with Crippen LogP contribution in [0.4, 0.5) is 0 Å². The maximum Gasteiger partial charge on any atom is 0.243 e. The van der Waals surface area contributed by atoms with Crippen molar-refractivity contribution in [2.45, 2.75) is 11.8 Å². The molecule has 8 heteroatoms. The summed E-state index contributed by atoms with van der Waals surface area (Å²) in [7, 11) is -3.50. The van der Waals surface area contributed by atoms with E-state index in [0.29, 0.717) is 36.4 Å². The van der Waals surface area contributed by atoms with Gasteiger partial charge in [0.15, 0.2) is 0 Å². The van der Waals surface area contributed by atoms with E-state index in [2.05, 4.69) is 9.97 Å². The number of rotatable bonds is 3. The van der Waals surface area contributed by atoms with E-state index in [1.165, 1.54) is 4.31 Å². The van der Waals surface area contributed by atoms with Gasteiger partial charge in [0.2, 0.25) is 10.0 Å². The normalized spacial score (nSPS) is 16.2. The van der Waals surface area contributed by atoms with Gasteiger partial charge in [-0.05, 0) is 42.3 Å². The lowest BCUT2D eigenvalue weighted by molar-refractivity contribution is 0.0730. The smallest absolute Gasteiger partial charge is 0.243 e. The van der Waals surface area contributed by atoms with Gasteiger partial charge in [-0.2, -0.15) is 4.31 Å². The Morgan fingerprint density at radius 3 is 2.69 bits per heavy atom. The zero-order valence-electron chi connectivity index (χ0n) is 14.2. The first kappa shape index (κ1) is 17.5. The molecule has 3 heterocycles. The molecule has 1 aliphatic rings. The molecule has 4 rings (SSSR count). The number of aromatic nitrogens is 2. The molecule has 0 spiro atoms. The number of hydrogen-bond acceptors (Lipinski definition) is 4. The quantitative estimate of drug-likeness (QED) is 0.743. The number of hydrogen-bond donors (Lipinski definition) is 1. The van der Waals surface area contributed by atoms with E-state index in [1.54, 1.807) is 18.3 Å². The van der Waals surface area contributed by atoms with Crippen molar-refractivity contribution in [3.05, 3.63) is 47.2 Å². The Morgan fingerprint density at radius 2 is 1.96 bits per heavy atom. The Kier molecular flexibility index (Phi) is 4.48. The maximum absolute atomic E-state index is 12.8. The van der Waals surface area contributed by atoms with Crippen molar-refractivity contribution in [2.24, 2.45) is 0 Å². The van der Waals surface area contributed by atoms with E-state index in [1.807, 2.05) is 25.1 Å². The van der Waals surface area contributed by atoms with Crippen molar-refractivity contribution in [3.63, 3.8) is 0 Å². The van der Waals surface area contributed by atoms with Gasteiger partial charge in [-0.15, -0.1) is 0 Å². The Labute approximate surface area is 156 Å². The van der Waals surface area contributed by atoms with E-state index < -0.39 is 10.0 Å². The summed E-state index contributed by atoms with van der Waals surface area (Å²) in [6.07, 6.45) is 1.76. The van der Waals surface area contributed by atoms with E-state index in [9.17, 15) is 8.42 Å². The second-order valence-corrected chi connectivity index (χ2v) is 8.62. The molecule has 1 N–H and O–H groups in total. The van der Waals surface area contributed by atoms with Crippen LogP contribution in [0.25, 0.3) is 22.2 Å². The number of aryl methyl sites for hydroxylation is 1. The maximum atomic E-state index is 12.8. The van der Waals surface area contributed by atoms with Crippen molar-refractivity contribution in [1.82, 2.24) is 14.3 Å². The molecule has 6 nitrogen and oxygen atoms in total. The number of H-pyrrole nitrogens is 1. The number of aromatic amines is 1. The molecule has 136 valence electrons. The van der Waals surface area contributed by atoms with Crippen LogP contribution in [0, 0.1) is 6.92 Å². The van der Waals surface area contributed by atoms with Crippen LogP contribution in [0.1, 0.15) is 5.56 Å². The van der Waals surface area contributed by atoms with Gasteiger partial charge in [-0.3, -0.25) is 0 Å². The van der Waals surface area contributed by atoms with Gasteiger partial charge < -0.3 is 9.72 Å². The molecule has 0 amide bonds. The summed E-state index contributed by atoms with van der Waals surface area (Å²) in [6, 6.07) is 9.01. The van der Waals surface area contributed by atoms with Crippen molar-refractivity contribution >= 4 is 32.7 Å². The van der Waals surface area contributed by atoms with E-state index in [0.717, 1.165) is 27.7 Å². The van der Waals surface area contributed by atoms with Crippen LogP contribution in [0.15, 0.2) is 41.4 Å². The van der Waals surface area contributed by atoms with Crippen molar-refractivity contribution in [1.29, 1.82) is 0 Å². The minimum Gasteiger partial charge on any atom is -0.379 e. The highest BCUT2D eigenvalue weighted by molar-refractivity contribution is 7.89. The molecule has 1 saturated heterocycles. The fraction of sp³-hybridized carbons (Fsp3) is 0.278. The lowest BCUT2D eigenvalue weighted by Crippen LogP contribution is -2.40. The zero-order valence-corrected chi connectivity index (χ0v) is 15.8. The molecule has 0 aliphatic carbocycles. The number of pyridine rings is 1. The second kappa shape index (κ2) is 6.66. The summed E-state index contributed by atoms with van der Waals surface area (Å²) in [5.74, 6) is 0. The Bertz CT molecular complexity index is 1070. The van der Waals surface area contributed by atoms with Crippen LogP contribution in [0.3, 0.4) is 0 Å². The van der Waals surface area contributed by atoms with Crippen molar-refractivity contribution in [2.75, 3.05) is 26.3 Å². The summed E-state index contributed by atoms with van der Waals surface area (Å²) >= 11 is 5.98. The third kappa shape index (κ3) is 3.12. The van der Waals surface area contributed by atoms with Gasteiger partial charge in [-0.25, -0.2) is 13.4 Å². The second-order valence-electron chi connectivity index (χ2n) is 6.27. The number of nitrogens with one attached hydrogen (secondary N) is 1. The number of nitrogens with zero attached hydrogens (tertiary/aromatic N) is 2. The summed E-state index contributed by atoms with van der Waals surface area (Å²) in [5, 5.41) is 1.45. The van der Waals surface area contributed by atoms with Gasteiger partial charge in [0, 0.05) is 30.2 Å². The van der Waals surface area contributed by atoms with Gasteiger partial charge in [0.25, 0.3) is 0 Å². The van der Waals surface area contributed by atoms with Crippen LogP contribution in [0.2, 0.25) is 5.15 Å². The minimum atomic E-state index is -3.50. The zero-order chi connectivity index (χ0) is 18.3. The first-order valence-corrected chi connectivity index (χ1v) is 10.1. The van der Waals surface area contributed by atoms with Gasteiger partial charge in [-0.1, -0.05) is 17.7 Å². The van der Waals surface area contributed by atoms with Gasteiger partial charge in [0.1, 0.15) is 10.8 Å². The Morgan fingerprint density at radius 1 is 1.19 bits per heavy atom. The van der Waals surface area contributed by atoms with Crippen molar-refractivity contribution in [3.8, 4) is 11.1 Å². The highest BCUT2D eigenvalue weighted by Gasteiger charge is 2.26. The number of benzene rings is 1. The summed E-state index contributed by atoms with van der Waals surface area (Å²) in [5.41, 5.74) is 3.46. The third-order valence-corrected chi connectivity index (χ3v) is 6.65. The number of fused-ring (bicyclic) bond motifs is 1. The number of halogens is 1.